The highest BCUT2D eigenvalue weighted by Gasteiger charge is 2.65. The van der Waals surface area contributed by atoms with E-state index in [2.05, 4.69) is 0 Å². The van der Waals surface area contributed by atoms with Crippen molar-refractivity contribution in [2.45, 2.75) is 75.9 Å². The third kappa shape index (κ3) is 3.28. The molecule has 3 heterocycles. The van der Waals surface area contributed by atoms with Gasteiger partial charge < -0.3 is 33.7 Å². The first-order chi connectivity index (χ1) is 10.5. The number of aliphatic hydroxyl groups is 1. The van der Waals surface area contributed by atoms with Crippen LogP contribution in [-0.4, -0.2) is 79.0 Å². The maximum absolute atomic E-state index is 11.4. The maximum atomic E-state index is 11.4. The molecule has 7 heteroatoms. The lowest BCUT2D eigenvalue weighted by atomic mass is 9.86. The van der Waals surface area contributed by atoms with Crippen LogP contribution in [0.4, 0.5) is 0 Å². The van der Waals surface area contributed by atoms with Gasteiger partial charge in [-0.3, -0.25) is 0 Å². The Labute approximate surface area is 137 Å². The molecule has 0 aliphatic carbocycles. The smallest absolute Gasteiger partial charge is 0.190 e. The van der Waals surface area contributed by atoms with Crippen molar-refractivity contribution >= 4 is 0 Å². The van der Waals surface area contributed by atoms with Gasteiger partial charge in [0.1, 0.15) is 23.9 Å². The molecular formula is C16H29NO6. The number of ether oxygens (including phenoxy) is 5. The number of nitrogens with zero attached hydrogens (tertiary/aromatic N) is 1. The minimum Gasteiger partial charge on any atom is -0.384 e. The van der Waals surface area contributed by atoms with E-state index in [1.54, 1.807) is 0 Å². The quantitative estimate of drug-likeness (QED) is 0.813. The van der Waals surface area contributed by atoms with E-state index in [1.807, 2.05) is 46.7 Å². The first-order valence-corrected chi connectivity index (χ1v) is 8.22. The van der Waals surface area contributed by atoms with Gasteiger partial charge in [-0.15, -0.1) is 0 Å². The van der Waals surface area contributed by atoms with Crippen LogP contribution in [0.2, 0.25) is 0 Å². The van der Waals surface area contributed by atoms with E-state index in [0.717, 1.165) is 0 Å². The van der Waals surface area contributed by atoms with Crippen molar-refractivity contribution in [3.8, 4) is 0 Å². The van der Waals surface area contributed by atoms with Crippen molar-refractivity contribution in [2.24, 2.45) is 0 Å². The fraction of sp³-hybridized carbons (Fsp3) is 1.00. The first-order valence-electron chi connectivity index (χ1n) is 8.22. The van der Waals surface area contributed by atoms with Crippen LogP contribution in [-0.2, 0) is 23.7 Å². The van der Waals surface area contributed by atoms with Gasteiger partial charge in [0, 0.05) is 6.54 Å². The summed E-state index contributed by atoms with van der Waals surface area (Å²) in [5.74, 6) is -1.44. The van der Waals surface area contributed by atoms with Gasteiger partial charge in [0.15, 0.2) is 17.9 Å². The summed E-state index contributed by atoms with van der Waals surface area (Å²) in [7, 11) is 3.94. The molecule has 5 atom stereocenters. The highest BCUT2D eigenvalue weighted by Crippen LogP contribution is 2.47. The van der Waals surface area contributed by atoms with E-state index in [9.17, 15) is 5.11 Å². The second-order valence-corrected chi connectivity index (χ2v) is 7.89. The number of rotatable bonds is 4. The molecular weight excluding hydrogens is 302 g/mol. The molecule has 1 N–H and O–H groups in total. The van der Waals surface area contributed by atoms with Gasteiger partial charge in [0.2, 0.25) is 0 Å². The van der Waals surface area contributed by atoms with Gasteiger partial charge in [0.05, 0.1) is 6.61 Å². The zero-order valence-electron chi connectivity index (χ0n) is 14.9. The molecule has 7 nitrogen and oxygen atoms in total. The Kier molecular flexibility index (Phi) is 4.29. The van der Waals surface area contributed by atoms with Crippen LogP contribution in [0.5, 0.6) is 0 Å². The third-order valence-electron chi connectivity index (χ3n) is 4.65. The van der Waals surface area contributed by atoms with Crippen LogP contribution in [0.3, 0.4) is 0 Å². The van der Waals surface area contributed by atoms with E-state index in [-0.39, 0.29) is 6.10 Å². The molecule has 0 bridgehead atoms. The Bertz CT molecular complexity index is 454. The van der Waals surface area contributed by atoms with Gasteiger partial charge in [-0.25, -0.2) is 0 Å². The normalized spacial score (nSPS) is 44.9. The van der Waals surface area contributed by atoms with Gasteiger partial charge in [0.25, 0.3) is 0 Å². The average molecular weight is 331 g/mol. The van der Waals surface area contributed by atoms with Crippen molar-refractivity contribution in [3.63, 3.8) is 0 Å². The number of fused-ring (bicyclic) bond motifs is 1. The monoisotopic (exact) mass is 331 g/mol. The summed E-state index contributed by atoms with van der Waals surface area (Å²) in [5.41, 5.74) is -1.18. The third-order valence-corrected chi connectivity index (χ3v) is 4.65. The summed E-state index contributed by atoms with van der Waals surface area (Å²) < 4.78 is 29.3. The van der Waals surface area contributed by atoms with Crippen molar-refractivity contribution in [3.05, 3.63) is 0 Å². The Morgan fingerprint density at radius 3 is 2.26 bits per heavy atom. The second kappa shape index (κ2) is 5.62. The van der Waals surface area contributed by atoms with Crippen LogP contribution in [0.15, 0.2) is 0 Å². The SMILES string of the molecule is CN(C)CC[C@]1(O)[C@@H]([C@H]2COC(C)(C)O2)O[C@@H]2OC(C)(C)O[C@@H]21. The molecule has 3 aliphatic rings. The van der Waals surface area contributed by atoms with Crippen molar-refractivity contribution < 1.29 is 28.8 Å². The summed E-state index contributed by atoms with van der Waals surface area (Å²) >= 11 is 0. The zero-order valence-corrected chi connectivity index (χ0v) is 14.9. The summed E-state index contributed by atoms with van der Waals surface area (Å²) in [5, 5.41) is 11.4. The number of hydrogen-bond acceptors (Lipinski definition) is 7. The standard InChI is InChI=1S/C16H29NO6/c1-14(2)19-9-10(21-14)11-16(18,7-8-17(5)6)12-13(20-11)23-15(3,4)22-12/h10-13,18H,7-9H2,1-6H3/t10-,11-,12+,13-,16+/m1/s1. The lowest BCUT2D eigenvalue weighted by Crippen LogP contribution is -2.55. The maximum Gasteiger partial charge on any atom is 0.190 e. The molecule has 3 saturated heterocycles. The summed E-state index contributed by atoms with van der Waals surface area (Å²) in [6.07, 6.45) is -1.51. The zero-order chi connectivity index (χ0) is 17.0. The minimum absolute atomic E-state index is 0.349. The highest BCUT2D eigenvalue weighted by molar-refractivity contribution is 5.08. The van der Waals surface area contributed by atoms with E-state index >= 15 is 0 Å². The molecule has 0 aromatic rings. The van der Waals surface area contributed by atoms with E-state index in [4.69, 9.17) is 23.7 Å². The largest absolute Gasteiger partial charge is 0.384 e. The van der Waals surface area contributed by atoms with Crippen LogP contribution in [0, 0.1) is 0 Å². The highest BCUT2D eigenvalue weighted by atomic mass is 16.8. The molecule has 0 spiro atoms. The lowest BCUT2D eigenvalue weighted by molar-refractivity contribution is -0.249. The molecule has 0 aromatic heterocycles. The molecule has 0 amide bonds. The Morgan fingerprint density at radius 1 is 1.00 bits per heavy atom. The van der Waals surface area contributed by atoms with Crippen molar-refractivity contribution in [2.75, 3.05) is 27.2 Å². The van der Waals surface area contributed by atoms with Crippen LogP contribution >= 0.6 is 0 Å². The molecule has 3 aliphatic heterocycles. The summed E-state index contributed by atoms with van der Waals surface area (Å²) in [6.45, 7) is 8.46. The molecule has 0 saturated carbocycles. The second-order valence-electron chi connectivity index (χ2n) is 7.89. The Balaban J connectivity index is 1.81. The molecule has 134 valence electrons. The first kappa shape index (κ1) is 17.5. The Morgan fingerprint density at radius 2 is 1.70 bits per heavy atom. The Hall–Kier alpha value is -0.280. The molecule has 23 heavy (non-hydrogen) atoms. The van der Waals surface area contributed by atoms with Crippen LogP contribution in [0.25, 0.3) is 0 Å². The van der Waals surface area contributed by atoms with Crippen molar-refractivity contribution in [1.82, 2.24) is 4.90 Å². The number of hydrogen-bond donors (Lipinski definition) is 1. The van der Waals surface area contributed by atoms with Gasteiger partial charge in [-0.2, -0.15) is 0 Å². The van der Waals surface area contributed by atoms with Gasteiger partial charge >= 0.3 is 0 Å². The molecule has 0 radical (unpaired) electrons. The predicted octanol–water partition coefficient (Wildman–Crippen LogP) is 0.697. The average Bonchev–Trinajstić information content (AvgIpc) is 2.99. The topological polar surface area (TPSA) is 69.6 Å². The molecule has 0 unspecified atom stereocenters. The van der Waals surface area contributed by atoms with Gasteiger partial charge in [-0.05, 0) is 48.2 Å². The van der Waals surface area contributed by atoms with E-state index in [1.165, 1.54) is 0 Å². The van der Waals surface area contributed by atoms with Crippen LogP contribution < -0.4 is 0 Å². The molecule has 0 aromatic carbocycles. The summed E-state index contributed by atoms with van der Waals surface area (Å²) in [6, 6.07) is 0. The summed E-state index contributed by atoms with van der Waals surface area (Å²) in [4.78, 5) is 2.03. The minimum atomic E-state index is -1.18. The van der Waals surface area contributed by atoms with Gasteiger partial charge in [-0.1, -0.05) is 0 Å². The van der Waals surface area contributed by atoms with E-state index < -0.39 is 35.7 Å². The molecule has 3 fully saturated rings. The van der Waals surface area contributed by atoms with Crippen LogP contribution in [0.1, 0.15) is 34.1 Å². The fourth-order valence-electron chi connectivity index (χ4n) is 3.55. The fourth-order valence-corrected chi connectivity index (χ4v) is 3.55. The predicted molar refractivity (Wildman–Crippen MR) is 81.7 cm³/mol. The van der Waals surface area contributed by atoms with E-state index in [0.29, 0.717) is 19.6 Å². The van der Waals surface area contributed by atoms with Crippen molar-refractivity contribution in [1.29, 1.82) is 0 Å². The molecule has 3 rings (SSSR count). The lowest BCUT2D eigenvalue weighted by Gasteiger charge is -2.36.